The fourth-order valence-electron chi connectivity index (χ4n) is 3.71. The number of carbonyl (C=O) groups is 2. The number of carboxylic acid groups (broad SMARTS) is 1. The molecule has 3 rings (SSSR count). The number of rotatable bonds is 5. The van der Waals surface area contributed by atoms with Gasteiger partial charge in [-0.1, -0.05) is 37.5 Å². The van der Waals surface area contributed by atoms with Gasteiger partial charge >= 0.3 is 5.97 Å². The first-order valence-corrected chi connectivity index (χ1v) is 8.27. The molecule has 1 amide bonds. The van der Waals surface area contributed by atoms with E-state index in [-0.39, 0.29) is 18.3 Å². The molecule has 2 aliphatic carbocycles. The van der Waals surface area contributed by atoms with E-state index in [1.807, 2.05) is 0 Å². The summed E-state index contributed by atoms with van der Waals surface area (Å²) in [5, 5.41) is 12.4. The van der Waals surface area contributed by atoms with Gasteiger partial charge in [0.1, 0.15) is 5.82 Å². The van der Waals surface area contributed by atoms with Crippen molar-refractivity contribution in [3.05, 3.63) is 35.6 Å². The van der Waals surface area contributed by atoms with Gasteiger partial charge in [0.25, 0.3) is 0 Å². The first-order chi connectivity index (χ1) is 11.0. The van der Waals surface area contributed by atoms with E-state index < -0.39 is 16.8 Å². The molecule has 2 aliphatic rings. The minimum atomic E-state index is -0.862. The molecule has 2 fully saturated rings. The average molecular weight is 319 g/mol. The Labute approximate surface area is 135 Å². The zero-order chi connectivity index (χ0) is 16.5. The van der Waals surface area contributed by atoms with Gasteiger partial charge in [-0.05, 0) is 31.7 Å². The summed E-state index contributed by atoms with van der Waals surface area (Å²) in [6.07, 6.45) is 5.20. The number of halogens is 1. The molecule has 0 atom stereocenters. The fourth-order valence-corrected chi connectivity index (χ4v) is 3.71. The zero-order valence-corrected chi connectivity index (χ0v) is 13.1. The highest BCUT2D eigenvalue weighted by Crippen LogP contribution is 2.49. The van der Waals surface area contributed by atoms with E-state index in [1.54, 1.807) is 18.2 Å². The molecule has 0 spiro atoms. The van der Waals surface area contributed by atoms with E-state index >= 15 is 0 Å². The van der Waals surface area contributed by atoms with Crippen LogP contribution in [0.1, 0.15) is 50.5 Å². The van der Waals surface area contributed by atoms with Gasteiger partial charge < -0.3 is 10.4 Å². The highest BCUT2D eigenvalue weighted by molar-refractivity contribution is 5.91. The Kier molecular flexibility index (Phi) is 4.13. The third kappa shape index (κ3) is 2.84. The van der Waals surface area contributed by atoms with Crippen molar-refractivity contribution < 1.29 is 19.1 Å². The molecule has 0 aromatic heterocycles. The van der Waals surface area contributed by atoms with Gasteiger partial charge in [0.15, 0.2) is 0 Å². The number of aliphatic carboxylic acids is 1. The molecular formula is C18H22FNO3. The molecule has 5 heteroatoms. The standard InChI is InChI=1S/C18H22FNO3/c19-14-7-3-2-6-13(14)18(10-11-18)15(21)20-12-17(16(22)23)8-4-1-5-9-17/h2-3,6-7H,1,4-5,8-12H2,(H,20,21)(H,22,23). The van der Waals surface area contributed by atoms with Crippen molar-refractivity contribution in [3.63, 3.8) is 0 Å². The summed E-state index contributed by atoms with van der Waals surface area (Å²) in [4.78, 5) is 24.3. The third-order valence-electron chi connectivity index (χ3n) is 5.43. The van der Waals surface area contributed by atoms with Crippen molar-refractivity contribution in [2.24, 2.45) is 5.41 Å². The topological polar surface area (TPSA) is 66.4 Å². The average Bonchev–Trinajstić information content (AvgIpc) is 3.35. The minimum Gasteiger partial charge on any atom is -0.481 e. The third-order valence-corrected chi connectivity index (χ3v) is 5.43. The fraction of sp³-hybridized carbons (Fsp3) is 0.556. The maximum Gasteiger partial charge on any atom is 0.311 e. The molecule has 4 nitrogen and oxygen atoms in total. The first-order valence-electron chi connectivity index (χ1n) is 8.27. The van der Waals surface area contributed by atoms with Crippen LogP contribution in [0.15, 0.2) is 24.3 Å². The summed E-state index contributed by atoms with van der Waals surface area (Å²) in [7, 11) is 0. The van der Waals surface area contributed by atoms with Crippen LogP contribution in [0.3, 0.4) is 0 Å². The van der Waals surface area contributed by atoms with Crippen molar-refractivity contribution in [3.8, 4) is 0 Å². The number of nitrogens with one attached hydrogen (secondary N) is 1. The van der Waals surface area contributed by atoms with Crippen LogP contribution in [-0.2, 0) is 15.0 Å². The lowest BCUT2D eigenvalue weighted by Crippen LogP contribution is -2.47. The van der Waals surface area contributed by atoms with Gasteiger partial charge in [-0.3, -0.25) is 9.59 Å². The smallest absolute Gasteiger partial charge is 0.311 e. The van der Waals surface area contributed by atoms with Crippen molar-refractivity contribution in [2.75, 3.05) is 6.54 Å². The van der Waals surface area contributed by atoms with Crippen molar-refractivity contribution in [1.29, 1.82) is 0 Å². The number of benzene rings is 1. The maximum atomic E-state index is 14.0. The first kappa shape index (κ1) is 16.0. The Bertz CT molecular complexity index is 618. The molecule has 124 valence electrons. The molecule has 2 N–H and O–H groups in total. The van der Waals surface area contributed by atoms with Crippen molar-refractivity contribution >= 4 is 11.9 Å². The lowest BCUT2D eigenvalue weighted by molar-refractivity contribution is -0.151. The van der Waals surface area contributed by atoms with Gasteiger partial charge in [-0.2, -0.15) is 0 Å². The predicted octanol–water partition coefficient (Wildman–Crippen LogP) is 3.01. The number of hydrogen-bond acceptors (Lipinski definition) is 2. The van der Waals surface area contributed by atoms with E-state index in [2.05, 4.69) is 5.32 Å². The molecule has 1 aromatic carbocycles. The molecule has 23 heavy (non-hydrogen) atoms. The summed E-state index contributed by atoms with van der Waals surface area (Å²) >= 11 is 0. The number of hydrogen-bond donors (Lipinski definition) is 2. The second kappa shape index (κ2) is 5.95. The van der Waals surface area contributed by atoms with Crippen LogP contribution in [0.25, 0.3) is 0 Å². The van der Waals surface area contributed by atoms with E-state index in [0.29, 0.717) is 31.2 Å². The molecular weight excluding hydrogens is 297 g/mol. The van der Waals surface area contributed by atoms with Gasteiger partial charge in [-0.15, -0.1) is 0 Å². The summed E-state index contributed by atoms with van der Waals surface area (Å²) in [5.41, 5.74) is -1.25. The Morgan fingerprint density at radius 1 is 1.09 bits per heavy atom. The number of amides is 1. The number of carbonyl (C=O) groups excluding carboxylic acids is 1. The Hall–Kier alpha value is -1.91. The van der Waals surface area contributed by atoms with Gasteiger partial charge in [0.2, 0.25) is 5.91 Å². The van der Waals surface area contributed by atoms with Crippen LogP contribution in [0.2, 0.25) is 0 Å². The molecule has 0 radical (unpaired) electrons. The zero-order valence-electron chi connectivity index (χ0n) is 13.1. The number of carboxylic acids is 1. The van der Waals surface area contributed by atoms with Gasteiger partial charge in [0, 0.05) is 12.1 Å². The Balaban J connectivity index is 1.72. The van der Waals surface area contributed by atoms with Crippen LogP contribution in [0, 0.1) is 11.2 Å². The molecule has 0 saturated heterocycles. The molecule has 0 bridgehead atoms. The monoisotopic (exact) mass is 319 g/mol. The highest BCUT2D eigenvalue weighted by Gasteiger charge is 2.53. The highest BCUT2D eigenvalue weighted by atomic mass is 19.1. The normalized spacial score (nSPS) is 21.4. The Morgan fingerprint density at radius 2 is 1.74 bits per heavy atom. The Morgan fingerprint density at radius 3 is 2.30 bits per heavy atom. The van der Waals surface area contributed by atoms with E-state index in [1.165, 1.54) is 6.07 Å². The molecule has 1 aromatic rings. The summed E-state index contributed by atoms with van der Waals surface area (Å²) < 4.78 is 14.0. The molecule has 0 unspecified atom stereocenters. The van der Waals surface area contributed by atoms with E-state index in [9.17, 15) is 19.1 Å². The molecule has 0 aliphatic heterocycles. The van der Waals surface area contributed by atoms with E-state index in [4.69, 9.17) is 0 Å². The van der Waals surface area contributed by atoms with Crippen molar-refractivity contribution in [2.45, 2.75) is 50.4 Å². The van der Waals surface area contributed by atoms with Crippen LogP contribution < -0.4 is 5.32 Å². The quantitative estimate of drug-likeness (QED) is 0.877. The van der Waals surface area contributed by atoms with Crippen LogP contribution >= 0.6 is 0 Å². The molecule has 0 heterocycles. The second-order valence-electron chi connectivity index (χ2n) is 6.89. The lowest BCUT2D eigenvalue weighted by Gasteiger charge is -2.33. The van der Waals surface area contributed by atoms with Crippen LogP contribution in [0.4, 0.5) is 4.39 Å². The van der Waals surface area contributed by atoms with Crippen LogP contribution in [-0.4, -0.2) is 23.5 Å². The minimum absolute atomic E-state index is 0.136. The van der Waals surface area contributed by atoms with Crippen LogP contribution in [0.5, 0.6) is 0 Å². The lowest BCUT2D eigenvalue weighted by atomic mass is 9.74. The summed E-state index contributed by atoms with van der Waals surface area (Å²) in [6, 6.07) is 6.35. The molecule has 2 saturated carbocycles. The maximum absolute atomic E-state index is 14.0. The summed E-state index contributed by atoms with van der Waals surface area (Å²) in [6.45, 7) is 0.136. The largest absolute Gasteiger partial charge is 0.481 e. The SMILES string of the molecule is O=C(O)C1(CNC(=O)C2(c3ccccc3F)CC2)CCCCC1. The van der Waals surface area contributed by atoms with Gasteiger partial charge in [0.05, 0.1) is 10.8 Å². The second-order valence-corrected chi connectivity index (χ2v) is 6.89. The summed E-state index contributed by atoms with van der Waals surface area (Å²) in [5.74, 6) is -1.45. The van der Waals surface area contributed by atoms with E-state index in [0.717, 1.165) is 19.3 Å². The van der Waals surface area contributed by atoms with Gasteiger partial charge in [-0.25, -0.2) is 4.39 Å². The predicted molar refractivity (Wildman–Crippen MR) is 83.5 cm³/mol. The van der Waals surface area contributed by atoms with Crippen molar-refractivity contribution in [1.82, 2.24) is 5.32 Å².